The zero-order valence-corrected chi connectivity index (χ0v) is 27.4. The number of fused-ring (bicyclic) bond motifs is 2. The Kier molecular flexibility index (Phi) is 11.5. The van der Waals surface area contributed by atoms with Gasteiger partial charge in [0.05, 0.1) is 21.2 Å². The first kappa shape index (κ1) is 37.6. The average Bonchev–Trinajstić information content (AvgIpc) is 3.08. The van der Waals surface area contributed by atoms with E-state index in [9.17, 15) is 53.3 Å². The quantitative estimate of drug-likeness (QED) is 0.0882. The van der Waals surface area contributed by atoms with Crippen molar-refractivity contribution in [3.05, 3.63) is 134 Å². The van der Waals surface area contributed by atoms with Crippen molar-refractivity contribution in [1.82, 2.24) is 5.23 Å². The van der Waals surface area contributed by atoms with Gasteiger partial charge in [0.25, 0.3) is 5.69 Å². The van der Waals surface area contributed by atoms with Crippen molar-refractivity contribution in [1.29, 1.82) is 0 Å². The number of hydrogen-bond acceptors (Lipinski definition) is 16. The van der Waals surface area contributed by atoms with Gasteiger partial charge in [-0.3, -0.25) is 19.7 Å². The molecule has 0 aromatic heterocycles. The van der Waals surface area contributed by atoms with Gasteiger partial charge in [0.15, 0.2) is 0 Å². The van der Waals surface area contributed by atoms with Gasteiger partial charge >= 0.3 is 20.2 Å². The summed E-state index contributed by atoms with van der Waals surface area (Å²) in [5, 5.41) is 71.6. The van der Waals surface area contributed by atoms with Gasteiger partial charge in [-0.15, -0.1) is 10.2 Å². The Bertz CT molecular complexity index is 2400. The van der Waals surface area contributed by atoms with Crippen LogP contribution < -0.4 is 10.2 Å². The standard InChI is InChI=1S/C16H11N3O7S.C16H9N3O4.Cr/c20-13-6-5-9-3-1-2-4-11(9)15(13)18-17-12-7-10(19(22)23)8-14(16(12)21)27(24,25)26;20-14-8-5-10-3-1-2-4-12(10)16(14)18-17-13-7-6-11(19(22)23)9-15(13)21;/h1-8,20-21H,(H,24,25,26);1-9H;/q;-2;+3/p-1. The maximum Gasteiger partial charge on any atom is 3.00 e. The smallest absolute Gasteiger partial charge is 0.871 e. The molecular weight excluding hydrogens is 728 g/mol. The third-order valence-corrected chi connectivity index (χ3v) is 7.74. The molecule has 6 rings (SSSR count). The van der Waals surface area contributed by atoms with Crippen molar-refractivity contribution in [2.45, 2.75) is 4.90 Å². The fourth-order valence-electron chi connectivity index (χ4n) is 4.52. The molecule has 0 amide bonds. The van der Waals surface area contributed by atoms with Crippen LogP contribution in [-0.2, 0) is 37.1 Å². The maximum atomic E-state index is 12.1. The fraction of sp³-hybridized carbons (Fsp3) is 0. The van der Waals surface area contributed by atoms with E-state index in [1.165, 1.54) is 18.2 Å². The summed E-state index contributed by atoms with van der Waals surface area (Å²) in [5.41, 5.74) is -0.507. The van der Waals surface area contributed by atoms with Crippen molar-refractivity contribution < 1.29 is 57.9 Å². The molecular formula is C32H19CrN6O11S. The molecule has 2 aliphatic carbocycles. The Labute approximate surface area is 300 Å². The zero-order valence-electron chi connectivity index (χ0n) is 27.3. The molecule has 2 aliphatic rings. The van der Waals surface area contributed by atoms with E-state index in [-0.39, 0.29) is 48.8 Å². The number of nitro groups is 1. The topological polar surface area (TPSA) is 279 Å². The molecule has 4 aromatic carbocycles. The summed E-state index contributed by atoms with van der Waals surface area (Å²) < 4.78 is 33.6. The predicted molar refractivity (Wildman–Crippen MR) is 176 cm³/mol. The van der Waals surface area contributed by atoms with Crippen LogP contribution in [0.15, 0.2) is 128 Å². The second-order valence-corrected chi connectivity index (χ2v) is 11.4. The Hall–Kier alpha value is -6.20. The third-order valence-electron chi connectivity index (χ3n) is 6.90. The first-order chi connectivity index (χ1) is 23.7. The van der Waals surface area contributed by atoms with Gasteiger partial charge < -0.3 is 30.4 Å². The van der Waals surface area contributed by atoms with E-state index < -0.39 is 53.8 Å². The van der Waals surface area contributed by atoms with Gasteiger partial charge in [-0.25, -0.2) is 8.42 Å². The minimum Gasteiger partial charge on any atom is -0.871 e. The monoisotopic (exact) mass is 747 g/mol. The molecule has 255 valence electrons. The van der Waals surface area contributed by atoms with Crippen LogP contribution in [0.2, 0.25) is 0 Å². The largest absolute Gasteiger partial charge is 3.00 e. The summed E-state index contributed by atoms with van der Waals surface area (Å²) >= 11 is 0. The Morgan fingerprint density at radius 1 is 0.804 bits per heavy atom. The molecule has 0 fully saturated rings. The molecule has 19 heteroatoms. The number of benzene rings is 4. The summed E-state index contributed by atoms with van der Waals surface area (Å²) in [6.45, 7) is 0. The van der Waals surface area contributed by atoms with Crippen LogP contribution in [0.25, 0.3) is 16.8 Å². The van der Waals surface area contributed by atoms with Gasteiger partial charge in [-0.2, -0.15) is 10.2 Å². The average molecular weight is 748 g/mol. The molecule has 0 atom stereocenters. The van der Waals surface area contributed by atoms with E-state index in [4.69, 9.17) is 0 Å². The third kappa shape index (κ3) is 8.52. The van der Waals surface area contributed by atoms with Crippen molar-refractivity contribution in [3.8, 4) is 11.5 Å². The van der Waals surface area contributed by atoms with Gasteiger partial charge in [0, 0.05) is 34.9 Å². The fourth-order valence-corrected chi connectivity index (χ4v) is 5.12. The molecule has 1 radical (unpaired) electrons. The molecule has 4 aromatic rings. The van der Waals surface area contributed by atoms with Crippen molar-refractivity contribution >= 4 is 67.0 Å². The van der Waals surface area contributed by atoms with Crippen LogP contribution in [0.3, 0.4) is 0 Å². The molecule has 0 heterocycles. The van der Waals surface area contributed by atoms with E-state index in [2.05, 4.69) is 20.4 Å². The number of carbonyl (C=O) groups is 2. The minimum atomic E-state index is -5.27. The van der Waals surface area contributed by atoms with E-state index in [1.807, 2.05) is 12.1 Å². The number of rotatable bonds is 6. The second-order valence-electron chi connectivity index (χ2n) is 10.1. The van der Waals surface area contributed by atoms with E-state index in [1.54, 1.807) is 48.5 Å². The summed E-state index contributed by atoms with van der Waals surface area (Å²) in [4.78, 5) is 32.4. The summed E-state index contributed by atoms with van der Waals surface area (Å²) in [6, 6.07) is 17.7. The molecule has 0 N–H and O–H groups in total. The van der Waals surface area contributed by atoms with Gasteiger partial charge in [-0.1, -0.05) is 78.2 Å². The Morgan fingerprint density at radius 3 is 2.20 bits per heavy atom. The summed E-state index contributed by atoms with van der Waals surface area (Å²) in [7, 11) is -5.27. The predicted octanol–water partition coefficient (Wildman–Crippen LogP) is 4.19. The number of carbonyl (C=O) groups excluding carboxylic acids is 2. The first-order valence-electron chi connectivity index (χ1n) is 13.9. The van der Waals surface area contributed by atoms with E-state index in [0.29, 0.717) is 28.5 Å². The van der Waals surface area contributed by atoms with Crippen LogP contribution >= 0.6 is 0 Å². The van der Waals surface area contributed by atoms with Gasteiger partial charge in [-0.05, 0) is 29.2 Å². The Balaban J connectivity index is 0.000000351. The van der Waals surface area contributed by atoms with Crippen LogP contribution in [0.4, 0.5) is 17.1 Å². The Morgan fingerprint density at radius 2 is 1.51 bits per heavy atom. The zero-order chi connectivity index (χ0) is 36.2. The molecule has 0 unspecified atom stereocenters. The molecule has 0 aliphatic heterocycles. The minimum absolute atomic E-state index is 0. The van der Waals surface area contributed by atoms with Crippen molar-refractivity contribution in [3.63, 3.8) is 0 Å². The number of hydrogen-bond donors (Lipinski definition) is 0. The van der Waals surface area contributed by atoms with Crippen LogP contribution in [0, 0.1) is 20.5 Å². The molecule has 0 spiro atoms. The van der Waals surface area contributed by atoms with E-state index in [0.717, 1.165) is 17.7 Å². The van der Waals surface area contributed by atoms with Crippen molar-refractivity contribution in [2.75, 3.05) is 0 Å². The second kappa shape index (κ2) is 15.6. The van der Waals surface area contributed by atoms with Crippen LogP contribution in [0.1, 0.15) is 14.0 Å². The normalized spacial score (nSPS) is 15.3. The summed E-state index contributed by atoms with van der Waals surface area (Å²) in [5.74, 6) is -2.81. The number of ketones is 2. The van der Waals surface area contributed by atoms with Gasteiger partial charge in [0.2, 0.25) is 11.6 Å². The van der Waals surface area contributed by atoms with Crippen LogP contribution in [-0.4, -0.2) is 46.1 Å². The van der Waals surface area contributed by atoms with Gasteiger partial charge in [0.1, 0.15) is 21.5 Å². The molecule has 51 heavy (non-hydrogen) atoms. The number of nitrogens with zero attached hydrogens (tertiary/aromatic N) is 6. The number of non-ortho nitro benzene ring substituents is 1. The number of hydroxylamine groups is 2. The number of allylic oxidation sites excluding steroid dienone is 4. The number of nitro benzene ring substituents is 1. The van der Waals surface area contributed by atoms with E-state index >= 15 is 0 Å². The molecule has 0 bridgehead atoms. The SMILES string of the molecule is O=C1C=C(N([O-])[O-])C=CC1=NN=C1C(=O)C=Cc2ccccc21.O=[N+]([O-])c1cc(N=Nc2c([O-])ccc3ccccc23)c([O-])c(S(=O)(=O)[O-])c1.[Cr+3].[H+].[H+]. The van der Waals surface area contributed by atoms with Crippen LogP contribution in [0.5, 0.6) is 11.5 Å². The number of azo groups is 1. The maximum absolute atomic E-state index is 12.1. The molecule has 0 saturated carbocycles. The molecule has 0 saturated heterocycles. The first-order valence-corrected chi connectivity index (χ1v) is 15.3. The van der Waals surface area contributed by atoms with Crippen molar-refractivity contribution in [2.24, 2.45) is 20.4 Å². The molecule has 17 nitrogen and oxygen atoms in total. The summed E-state index contributed by atoms with van der Waals surface area (Å²) in [6.07, 6.45) is 6.30.